The molecule has 2 saturated carbocycles. The van der Waals surface area contributed by atoms with Crippen molar-refractivity contribution in [3.8, 4) is 0 Å². The van der Waals surface area contributed by atoms with Gasteiger partial charge >= 0.3 is 0 Å². The highest BCUT2D eigenvalue weighted by Gasteiger charge is 2.42. The van der Waals surface area contributed by atoms with Crippen molar-refractivity contribution in [2.45, 2.75) is 70.8 Å². The minimum Gasteiger partial charge on any atom is -0.349 e. The van der Waals surface area contributed by atoms with Crippen molar-refractivity contribution in [3.63, 3.8) is 0 Å². The highest BCUT2D eigenvalue weighted by atomic mass is 16.2. The first-order chi connectivity index (χ1) is 8.49. The third-order valence-corrected chi connectivity index (χ3v) is 5.16. The minimum absolute atomic E-state index is 0.103. The van der Waals surface area contributed by atoms with Crippen LogP contribution in [0, 0.1) is 11.3 Å². The molecule has 0 aromatic heterocycles. The van der Waals surface area contributed by atoms with Crippen LogP contribution in [0.2, 0.25) is 0 Å². The molecule has 0 aromatic rings. The van der Waals surface area contributed by atoms with Gasteiger partial charge in [0.2, 0.25) is 5.91 Å². The zero-order chi connectivity index (χ0) is 13.2. The predicted octanol–water partition coefficient (Wildman–Crippen LogP) is 2.59. The van der Waals surface area contributed by atoms with Crippen molar-refractivity contribution in [1.82, 2.24) is 5.32 Å². The van der Waals surface area contributed by atoms with E-state index in [2.05, 4.69) is 19.2 Å². The van der Waals surface area contributed by atoms with E-state index in [0.29, 0.717) is 6.54 Å². The van der Waals surface area contributed by atoms with E-state index in [9.17, 15) is 4.79 Å². The fourth-order valence-electron chi connectivity index (χ4n) is 3.77. The molecule has 0 saturated heterocycles. The Morgan fingerprint density at radius 3 is 2.33 bits per heavy atom. The van der Waals surface area contributed by atoms with Crippen molar-refractivity contribution in [3.05, 3.63) is 0 Å². The summed E-state index contributed by atoms with van der Waals surface area (Å²) in [5, 5.41) is 3.32. The summed E-state index contributed by atoms with van der Waals surface area (Å²) in [4.78, 5) is 12.5. The van der Waals surface area contributed by atoms with E-state index < -0.39 is 0 Å². The highest BCUT2D eigenvalue weighted by molar-refractivity contribution is 5.80. The molecule has 2 aliphatic rings. The summed E-state index contributed by atoms with van der Waals surface area (Å²) in [6, 6.07) is 0. The summed E-state index contributed by atoms with van der Waals surface area (Å²) in [5.74, 6) is 0.438. The molecule has 2 fully saturated rings. The van der Waals surface area contributed by atoms with Crippen LogP contribution in [-0.4, -0.2) is 18.0 Å². The zero-order valence-electron chi connectivity index (χ0n) is 11.9. The Morgan fingerprint density at radius 2 is 1.83 bits per heavy atom. The molecule has 3 heteroatoms. The maximum absolute atomic E-state index is 12.5. The normalized spacial score (nSPS) is 30.1. The number of nitrogens with two attached hydrogens (primary N) is 1. The van der Waals surface area contributed by atoms with Gasteiger partial charge in [0, 0.05) is 12.5 Å². The Balaban J connectivity index is 2.01. The van der Waals surface area contributed by atoms with Crippen LogP contribution in [-0.2, 0) is 4.79 Å². The number of hydrogen-bond acceptors (Lipinski definition) is 2. The monoisotopic (exact) mass is 252 g/mol. The minimum atomic E-state index is -0.103. The van der Waals surface area contributed by atoms with Gasteiger partial charge in [0.15, 0.2) is 0 Å². The molecule has 1 unspecified atom stereocenters. The molecule has 18 heavy (non-hydrogen) atoms. The van der Waals surface area contributed by atoms with E-state index in [1.54, 1.807) is 0 Å². The fourth-order valence-corrected chi connectivity index (χ4v) is 3.77. The van der Waals surface area contributed by atoms with Gasteiger partial charge in [-0.05, 0) is 31.1 Å². The largest absolute Gasteiger partial charge is 0.349 e. The SMILES string of the molecule is CC1(C)CCCC1C(=O)NC1(CN)CCCCC1. The van der Waals surface area contributed by atoms with E-state index in [1.165, 1.54) is 32.1 Å². The topological polar surface area (TPSA) is 55.1 Å². The van der Waals surface area contributed by atoms with Gasteiger partial charge in [0.1, 0.15) is 0 Å². The zero-order valence-corrected chi connectivity index (χ0v) is 11.9. The van der Waals surface area contributed by atoms with Crippen LogP contribution < -0.4 is 11.1 Å². The van der Waals surface area contributed by atoms with Gasteiger partial charge in [-0.2, -0.15) is 0 Å². The molecule has 2 aliphatic carbocycles. The number of hydrogen-bond donors (Lipinski definition) is 2. The average molecular weight is 252 g/mol. The Bertz CT molecular complexity index is 306. The number of nitrogens with one attached hydrogen (secondary N) is 1. The standard InChI is InChI=1S/C15H28N2O/c1-14(2)8-6-7-12(14)13(18)17-15(11-16)9-4-3-5-10-15/h12H,3-11,16H2,1-2H3,(H,17,18). The van der Waals surface area contributed by atoms with E-state index in [1.807, 2.05) is 0 Å². The van der Waals surface area contributed by atoms with Crippen molar-refractivity contribution in [2.75, 3.05) is 6.54 Å². The Kier molecular flexibility index (Phi) is 4.00. The van der Waals surface area contributed by atoms with Crippen LogP contribution in [0.3, 0.4) is 0 Å². The van der Waals surface area contributed by atoms with Crippen molar-refractivity contribution >= 4 is 5.91 Å². The second-order valence-corrected chi connectivity index (χ2v) is 6.97. The molecule has 1 amide bonds. The lowest BCUT2D eigenvalue weighted by Crippen LogP contribution is -2.56. The molecule has 3 nitrogen and oxygen atoms in total. The number of carbonyl (C=O) groups is 1. The molecule has 3 N–H and O–H groups in total. The van der Waals surface area contributed by atoms with E-state index >= 15 is 0 Å². The molecule has 0 aliphatic heterocycles. The molecule has 0 aromatic carbocycles. The summed E-state index contributed by atoms with van der Waals surface area (Å²) in [7, 11) is 0. The van der Waals surface area contributed by atoms with Gasteiger partial charge in [-0.1, -0.05) is 39.5 Å². The van der Waals surface area contributed by atoms with E-state index in [-0.39, 0.29) is 22.8 Å². The van der Waals surface area contributed by atoms with Gasteiger partial charge in [0.25, 0.3) is 0 Å². The molecule has 1 atom stereocenters. The first-order valence-electron chi connectivity index (χ1n) is 7.51. The Labute approximate surface area is 111 Å². The van der Waals surface area contributed by atoms with Crippen LogP contribution in [0.4, 0.5) is 0 Å². The van der Waals surface area contributed by atoms with Gasteiger partial charge in [-0.15, -0.1) is 0 Å². The summed E-state index contributed by atoms with van der Waals surface area (Å²) >= 11 is 0. The maximum Gasteiger partial charge on any atom is 0.224 e. The van der Waals surface area contributed by atoms with Crippen LogP contribution >= 0.6 is 0 Å². The lowest BCUT2D eigenvalue weighted by molar-refractivity contribution is -0.130. The van der Waals surface area contributed by atoms with Crippen molar-refractivity contribution < 1.29 is 4.79 Å². The van der Waals surface area contributed by atoms with Gasteiger partial charge in [-0.25, -0.2) is 0 Å². The molecular weight excluding hydrogens is 224 g/mol. The quantitative estimate of drug-likeness (QED) is 0.811. The molecule has 0 heterocycles. The summed E-state index contributed by atoms with van der Waals surface area (Å²) in [6.45, 7) is 5.03. The Hall–Kier alpha value is -0.570. The predicted molar refractivity (Wildman–Crippen MR) is 74.1 cm³/mol. The van der Waals surface area contributed by atoms with E-state index in [0.717, 1.165) is 19.3 Å². The average Bonchev–Trinajstić information content (AvgIpc) is 2.70. The molecule has 104 valence electrons. The summed E-state index contributed by atoms with van der Waals surface area (Å²) in [5.41, 5.74) is 6.00. The molecular formula is C15H28N2O. The van der Waals surface area contributed by atoms with Crippen molar-refractivity contribution in [2.24, 2.45) is 17.1 Å². The van der Waals surface area contributed by atoms with Crippen LogP contribution in [0.1, 0.15) is 65.2 Å². The lowest BCUT2D eigenvalue weighted by Gasteiger charge is -2.39. The summed E-state index contributed by atoms with van der Waals surface area (Å²) in [6.07, 6.45) is 9.19. The first kappa shape index (κ1) is 13.9. The van der Waals surface area contributed by atoms with Gasteiger partial charge in [-0.3, -0.25) is 4.79 Å². The number of rotatable bonds is 3. The third-order valence-electron chi connectivity index (χ3n) is 5.16. The first-order valence-corrected chi connectivity index (χ1v) is 7.51. The lowest BCUT2D eigenvalue weighted by atomic mass is 9.78. The maximum atomic E-state index is 12.5. The van der Waals surface area contributed by atoms with Gasteiger partial charge < -0.3 is 11.1 Å². The highest BCUT2D eigenvalue weighted by Crippen LogP contribution is 2.43. The molecule has 0 spiro atoms. The smallest absolute Gasteiger partial charge is 0.224 e. The second kappa shape index (κ2) is 5.20. The third kappa shape index (κ3) is 2.71. The second-order valence-electron chi connectivity index (χ2n) is 6.97. The fraction of sp³-hybridized carbons (Fsp3) is 0.933. The summed E-state index contributed by atoms with van der Waals surface area (Å²) < 4.78 is 0. The number of amides is 1. The van der Waals surface area contributed by atoms with E-state index in [4.69, 9.17) is 5.73 Å². The van der Waals surface area contributed by atoms with Crippen LogP contribution in [0.5, 0.6) is 0 Å². The van der Waals surface area contributed by atoms with Gasteiger partial charge in [0.05, 0.1) is 5.54 Å². The van der Waals surface area contributed by atoms with Crippen LogP contribution in [0.15, 0.2) is 0 Å². The number of carbonyl (C=O) groups excluding carboxylic acids is 1. The molecule has 2 rings (SSSR count). The van der Waals surface area contributed by atoms with Crippen molar-refractivity contribution in [1.29, 1.82) is 0 Å². The Morgan fingerprint density at radius 1 is 1.17 bits per heavy atom. The molecule has 0 radical (unpaired) electrons. The molecule has 0 bridgehead atoms. The van der Waals surface area contributed by atoms with Crippen LogP contribution in [0.25, 0.3) is 0 Å².